The predicted molar refractivity (Wildman–Crippen MR) is 98.8 cm³/mol. The Labute approximate surface area is 150 Å². The van der Waals surface area contributed by atoms with Gasteiger partial charge in [0.15, 0.2) is 0 Å². The first kappa shape index (κ1) is 18.2. The highest BCUT2D eigenvalue weighted by Crippen LogP contribution is 2.27. The maximum atomic E-state index is 12.4. The van der Waals surface area contributed by atoms with Gasteiger partial charge in [0.25, 0.3) is 0 Å². The molecule has 2 aliphatic rings. The van der Waals surface area contributed by atoms with E-state index in [9.17, 15) is 4.79 Å². The molecular weight excluding hydrogens is 316 g/mol. The lowest BCUT2D eigenvalue weighted by Gasteiger charge is -2.32. The number of anilines is 1. The maximum absolute atomic E-state index is 12.4. The first-order valence-electron chi connectivity index (χ1n) is 9.50. The Kier molecular flexibility index (Phi) is 6.32. The number of carbonyl (C=O) groups is 1. The van der Waals surface area contributed by atoms with E-state index in [0.29, 0.717) is 12.5 Å². The molecule has 2 aliphatic heterocycles. The molecule has 0 aliphatic carbocycles. The zero-order chi connectivity index (χ0) is 17.6. The van der Waals surface area contributed by atoms with Gasteiger partial charge in [-0.2, -0.15) is 0 Å². The minimum absolute atomic E-state index is 0.00466. The quantitative estimate of drug-likeness (QED) is 0.860. The van der Waals surface area contributed by atoms with E-state index >= 15 is 0 Å². The molecule has 1 N–H and O–H groups in total. The molecule has 1 aromatic rings. The summed E-state index contributed by atoms with van der Waals surface area (Å²) in [6, 6.07) is 8.33. The third-order valence-electron chi connectivity index (χ3n) is 5.15. The molecule has 1 amide bonds. The van der Waals surface area contributed by atoms with Gasteiger partial charge in [-0.05, 0) is 44.7 Å². The van der Waals surface area contributed by atoms with Crippen molar-refractivity contribution < 1.29 is 14.3 Å². The number of carbonyl (C=O) groups excluding carboxylic acids is 1. The molecule has 2 fully saturated rings. The molecule has 3 rings (SSSR count). The van der Waals surface area contributed by atoms with Gasteiger partial charge < -0.3 is 19.7 Å². The minimum atomic E-state index is -0.00466. The van der Waals surface area contributed by atoms with Crippen molar-refractivity contribution in [1.82, 2.24) is 5.32 Å². The van der Waals surface area contributed by atoms with E-state index in [1.807, 2.05) is 6.07 Å². The highest BCUT2D eigenvalue weighted by molar-refractivity contribution is 5.76. The van der Waals surface area contributed by atoms with Gasteiger partial charge in [0.1, 0.15) is 0 Å². The summed E-state index contributed by atoms with van der Waals surface area (Å²) in [4.78, 5) is 14.7. The summed E-state index contributed by atoms with van der Waals surface area (Å²) in [5.74, 6) is 0.104. The van der Waals surface area contributed by atoms with Crippen LogP contribution in [0.15, 0.2) is 24.3 Å². The number of amides is 1. The number of benzene rings is 1. The van der Waals surface area contributed by atoms with E-state index in [1.54, 1.807) is 0 Å². The lowest BCUT2D eigenvalue weighted by molar-refractivity contribution is -0.122. The van der Waals surface area contributed by atoms with Gasteiger partial charge in [0, 0.05) is 25.2 Å². The summed E-state index contributed by atoms with van der Waals surface area (Å²) < 4.78 is 11.3. The van der Waals surface area contributed by atoms with Crippen LogP contribution in [0.25, 0.3) is 0 Å². The number of rotatable bonds is 6. The molecule has 0 spiro atoms. The number of nitrogens with one attached hydrogen (secondary N) is 1. The van der Waals surface area contributed by atoms with Gasteiger partial charge in [-0.15, -0.1) is 0 Å². The average Bonchev–Trinajstić information content (AvgIpc) is 3.06. The normalized spacial score (nSPS) is 25.0. The van der Waals surface area contributed by atoms with Crippen LogP contribution in [0.2, 0.25) is 0 Å². The van der Waals surface area contributed by atoms with Gasteiger partial charge in [-0.3, -0.25) is 4.79 Å². The molecule has 0 aromatic heterocycles. The Morgan fingerprint density at radius 3 is 2.76 bits per heavy atom. The van der Waals surface area contributed by atoms with E-state index in [-0.39, 0.29) is 18.1 Å². The smallest absolute Gasteiger partial charge is 0.220 e. The van der Waals surface area contributed by atoms with E-state index in [1.165, 1.54) is 11.3 Å². The lowest BCUT2D eigenvalue weighted by atomic mass is 10.0. The number of para-hydroxylation sites is 1. The topological polar surface area (TPSA) is 50.8 Å². The summed E-state index contributed by atoms with van der Waals surface area (Å²) in [6.07, 6.45) is 4.11. The van der Waals surface area contributed by atoms with Crippen molar-refractivity contribution in [2.24, 2.45) is 0 Å². The molecular formula is C20H30N2O3. The van der Waals surface area contributed by atoms with Crippen LogP contribution < -0.4 is 10.2 Å². The second kappa shape index (κ2) is 8.68. The lowest BCUT2D eigenvalue weighted by Crippen LogP contribution is -2.37. The number of nitrogens with zero attached hydrogens (tertiary/aromatic N) is 1. The Balaban J connectivity index is 1.55. The molecule has 138 valence electrons. The third kappa shape index (κ3) is 4.95. The van der Waals surface area contributed by atoms with Crippen molar-refractivity contribution in [3.05, 3.63) is 29.8 Å². The van der Waals surface area contributed by atoms with Crippen LogP contribution in [-0.2, 0) is 14.3 Å². The van der Waals surface area contributed by atoms with Gasteiger partial charge >= 0.3 is 0 Å². The van der Waals surface area contributed by atoms with Crippen LogP contribution in [0, 0.1) is 0 Å². The largest absolute Gasteiger partial charge is 0.378 e. The molecule has 3 unspecified atom stereocenters. The molecule has 5 nitrogen and oxygen atoms in total. The molecule has 2 heterocycles. The Bertz CT molecular complexity index is 572. The molecule has 0 radical (unpaired) electrons. The highest BCUT2D eigenvalue weighted by atomic mass is 16.5. The standard InChI is InChI=1S/C20H30N2O3/c1-15-7-8-17(25-15)9-10-20(23)21-16(2)18-5-3-4-6-19(18)22-11-13-24-14-12-22/h3-6,15-17H,7-14H2,1-2H3,(H,21,23). The van der Waals surface area contributed by atoms with E-state index in [4.69, 9.17) is 9.47 Å². The molecule has 25 heavy (non-hydrogen) atoms. The van der Waals surface area contributed by atoms with Crippen LogP contribution in [0.3, 0.4) is 0 Å². The third-order valence-corrected chi connectivity index (χ3v) is 5.15. The molecule has 0 saturated carbocycles. The SMILES string of the molecule is CC1CCC(CCC(=O)NC(C)c2ccccc2N2CCOCC2)O1. The summed E-state index contributed by atoms with van der Waals surface area (Å²) in [5, 5.41) is 3.16. The van der Waals surface area contributed by atoms with Crippen LogP contribution in [0.5, 0.6) is 0 Å². The zero-order valence-corrected chi connectivity index (χ0v) is 15.4. The second-order valence-corrected chi connectivity index (χ2v) is 7.13. The van der Waals surface area contributed by atoms with Crippen LogP contribution in [0.4, 0.5) is 5.69 Å². The Morgan fingerprint density at radius 2 is 2.04 bits per heavy atom. The highest BCUT2D eigenvalue weighted by Gasteiger charge is 2.23. The number of hydrogen-bond donors (Lipinski definition) is 1. The molecule has 1 aromatic carbocycles. The summed E-state index contributed by atoms with van der Waals surface area (Å²) >= 11 is 0. The summed E-state index contributed by atoms with van der Waals surface area (Å²) in [6.45, 7) is 7.48. The van der Waals surface area contributed by atoms with Gasteiger partial charge in [-0.1, -0.05) is 18.2 Å². The van der Waals surface area contributed by atoms with Crippen molar-refractivity contribution in [1.29, 1.82) is 0 Å². The van der Waals surface area contributed by atoms with E-state index in [0.717, 1.165) is 45.6 Å². The van der Waals surface area contributed by atoms with Crippen molar-refractivity contribution in [3.8, 4) is 0 Å². The molecule has 3 atom stereocenters. The molecule has 0 bridgehead atoms. The van der Waals surface area contributed by atoms with E-state index < -0.39 is 0 Å². The van der Waals surface area contributed by atoms with Crippen molar-refractivity contribution in [2.75, 3.05) is 31.2 Å². The van der Waals surface area contributed by atoms with Crippen LogP contribution >= 0.6 is 0 Å². The van der Waals surface area contributed by atoms with Crippen molar-refractivity contribution >= 4 is 11.6 Å². The van der Waals surface area contributed by atoms with Crippen LogP contribution in [0.1, 0.15) is 51.1 Å². The number of morpholine rings is 1. The molecule has 2 saturated heterocycles. The fraction of sp³-hybridized carbons (Fsp3) is 0.650. The first-order valence-corrected chi connectivity index (χ1v) is 9.50. The fourth-order valence-corrected chi connectivity index (χ4v) is 3.73. The van der Waals surface area contributed by atoms with Crippen LogP contribution in [-0.4, -0.2) is 44.4 Å². The van der Waals surface area contributed by atoms with E-state index in [2.05, 4.69) is 42.3 Å². The summed E-state index contributed by atoms with van der Waals surface area (Å²) in [7, 11) is 0. The van der Waals surface area contributed by atoms with Crippen molar-refractivity contribution in [3.63, 3.8) is 0 Å². The Morgan fingerprint density at radius 1 is 1.28 bits per heavy atom. The molecule has 5 heteroatoms. The Hall–Kier alpha value is -1.59. The average molecular weight is 346 g/mol. The zero-order valence-electron chi connectivity index (χ0n) is 15.4. The first-order chi connectivity index (χ1) is 12.1. The minimum Gasteiger partial charge on any atom is -0.378 e. The van der Waals surface area contributed by atoms with Gasteiger partial charge in [-0.25, -0.2) is 0 Å². The van der Waals surface area contributed by atoms with Crippen molar-refractivity contribution in [2.45, 2.75) is 57.8 Å². The van der Waals surface area contributed by atoms with Gasteiger partial charge in [0.2, 0.25) is 5.91 Å². The van der Waals surface area contributed by atoms with Gasteiger partial charge in [0.05, 0.1) is 31.5 Å². The monoisotopic (exact) mass is 346 g/mol. The number of ether oxygens (including phenoxy) is 2. The predicted octanol–water partition coefficient (Wildman–Crippen LogP) is 3.05. The fourth-order valence-electron chi connectivity index (χ4n) is 3.73. The second-order valence-electron chi connectivity index (χ2n) is 7.13. The summed E-state index contributed by atoms with van der Waals surface area (Å²) in [5.41, 5.74) is 2.37. The maximum Gasteiger partial charge on any atom is 0.220 e. The number of hydrogen-bond acceptors (Lipinski definition) is 4.